The maximum absolute atomic E-state index is 10.5. The molecular formula is C12H9N7O3S. The Labute approximate surface area is 133 Å². The summed E-state index contributed by atoms with van der Waals surface area (Å²) in [6, 6.07) is 2.69. The molecule has 0 atom stereocenters. The number of furan rings is 1. The minimum Gasteiger partial charge on any atom is -0.400 e. The largest absolute Gasteiger partial charge is 0.433 e. The van der Waals surface area contributed by atoms with Crippen LogP contribution in [0.1, 0.15) is 5.76 Å². The van der Waals surface area contributed by atoms with Crippen molar-refractivity contribution in [1.82, 2.24) is 20.4 Å². The quantitative estimate of drug-likeness (QED) is 0.323. The number of aromatic nitrogens is 4. The van der Waals surface area contributed by atoms with Gasteiger partial charge in [-0.2, -0.15) is 15.3 Å². The van der Waals surface area contributed by atoms with E-state index in [1.54, 1.807) is 12.4 Å². The number of nitrogens with one attached hydrogen (secondary N) is 1. The number of hydrogen-bond donors (Lipinski definition) is 1. The first kappa shape index (κ1) is 14.8. The molecule has 0 bridgehead atoms. The number of fused-ring (bicyclic) bond motifs is 1. The van der Waals surface area contributed by atoms with Gasteiger partial charge in [-0.1, -0.05) is 0 Å². The summed E-state index contributed by atoms with van der Waals surface area (Å²) < 4.78 is 4.96. The Bertz CT molecular complexity index is 895. The molecule has 23 heavy (non-hydrogen) atoms. The van der Waals surface area contributed by atoms with Crippen molar-refractivity contribution in [2.45, 2.75) is 5.03 Å². The molecule has 1 N–H and O–H groups in total. The molecule has 116 valence electrons. The Morgan fingerprint density at radius 1 is 1.30 bits per heavy atom. The third-order valence-electron chi connectivity index (χ3n) is 2.80. The normalized spacial score (nSPS) is 11.2. The summed E-state index contributed by atoms with van der Waals surface area (Å²) in [7, 11) is 0. The molecule has 0 fully saturated rings. The lowest BCUT2D eigenvalue weighted by molar-refractivity contribution is -0.402. The molecule has 0 aliphatic carbocycles. The number of anilines is 1. The van der Waals surface area contributed by atoms with Crippen molar-refractivity contribution in [2.24, 2.45) is 5.10 Å². The average Bonchev–Trinajstić information content (AvgIpc) is 3.04. The van der Waals surface area contributed by atoms with E-state index in [4.69, 9.17) is 4.42 Å². The first-order chi connectivity index (χ1) is 11.2. The Hall–Kier alpha value is -3.08. The molecule has 0 radical (unpaired) electrons. The van der Waals surface area contributed by atoms with E-state index in [0.717, 1.165) is 10.4 Å². The van der Waals surface area contributed by atoms with Gasteiger partial charge in [0, 0.05) is 5.39 Å². The standard InChI is InChI=1S/C12H9N7O3S/c1-23-12-9-6-14-13-5-8(9)11(17-18-12)16-15-4-7-2-3-10(22-7)19(20)21/h2-6H,1H3,(H,16,17)/b15-4+. The molecule has 3 heterocycles. The highest BCUT2D eigenvalue weighted by atomic mass is 32.2. The first-order valence-corrected chi connectivity index (χ1v) is 7.46. The van der Waals surface area contributed by atoms with Crippen LogP contribution < -0.4 is 5.43 Å². The molecule has 3 aromatic heterocycles. The molecule has 0 saturated carbocycles. The predicted octanol–water partition coefficient (Wildman–Crippen LogP) is 2.09. The molecule has 0 aliphatic heterocycles. The summed E-state index contributed by atoms with van der Waals surface area (Å²) in [4.78, 5) is 9.91. The minimum absolute atomic E-state index is 0.238. The van der Waals surface area contributed by atoms with Gasteiger partial charge < -0.3 is 4.42 Å². The van der Waals surface area contributed by atoms with Crippen LogP contribution in [0.4, 0.5) is 11.7 Å². The van der Waals surface area contributed by atoms with E-state index in [9.17, 15) is 10.1 Å². The summed E-state index contributed by atoms with van der Waals surface area (Å²) in [5.74, 6) is 0.281. The van der Waals surface area contributed by atoms with Crippen LogP contribution in [0.2, 0.25) is 0 Å². The molecule has 11 heteroatoms. The summed E-state index contributed by atoms with van der Waals surface area (Å²) >= 11 is 1.45. The number of nitrogens with zero attached hydrogens (tertiary/aromatic N) is 6. The highest BCUT2D eigenvalue weighted by molar-refractivity contribution is 7.98. The smallest absolute Gasteiger partial charge is 0.400 e. The number of rotatable bonds is 5. The average molecular weight is 331 g/mol. The maximum Gasteiger partial charge on any atom is 0.433 e. The van der Waals surface area contributed by atoms with Crippen LogP contribution in [0.5, 0.6) is 0 Å². The van der Waals surface area contributed by atoms with E-state index in [-0.39, 0.29) is 11.6 Å². The topological polar surface area (TPSA) is 132 Å². The van der Waals surface area contributed by atoms with E-state index in [1.165, 1.54) is 30.1 Å². The SMILES string of the molecule is CSc1nnc(N/N=C/c2ccc([N+](=O)[O-])o2)c2cnncc12. The van der Waals surface area contributed by atoms with E-state index < -0.39 is 4.92 Å². The molecular weight excluding hydrogens is 322 g/mol. The second-order valence-electron chi connectivity index (χ2n) is 4.18. The van der Waals surface area contributed by atoms with Gasteiger partial charge in [-0.25, -0.2) is 0 Å². The lowest BCUT2D eigenvalue weighted by Gasteiger charge is -2.05. The Morgan fingerprint density at radius 3 is 2.78 bits per heavy atom. The molecule has 0 saturated heterocycles. The van der Waals surface area contributed by atoms with Gasteiger partial charge in [-0.05, 0) is 12.3 Å². The Balaban J connectivity index is 1.84. The molecule has 0 unspecified atom stereocenters. The van der Waals surface area contributed by atoms with Gasteiger partial charge in [0.1, 0.15) is 9.95 Å². The van der Waals surface area contributed by atoms with Gasteiger partial charge in [-0.3, -0.25) is 15.5 Å². The highest BCUT2D eigenvalue weighted by Gasteiger charge is 2.11. The number of hydrazone groups is 1. The maximum atomic E-state index is 10.5. The first-order valence-electron chi connectivity index (χ1n) is 6.23. The molecule has 0 amide bonds. The lowest BCUT2D eigenvalue weighted by Crippen LogP contribution is -1.99. The fourth-order valence-electron chi connectivity index (χ4n) is 1.78. The summed E-state index contributed by atoms with van der Waals surface area (Å²) in [6.45, 7) is 0. The van der Waals surface area contributed by atoms with Crippen molar-refractivity contribution in [3.05, 3.63) is 40.4 Å². The van der Waals surface area contributed by atoms with Crippen molar-refractivity contribution in [2.75, 3.05) is 11.7 Å². The van der Waals surface area contributed by atoms with Gasteiger partial charge in [0.2, 0.25) is 0 Å². The molecule has 0 spiro atoms. The van der Waals surface area contributed by atoms with Crippen LogP contribution in [0, 0.1) is 10.1 Å². The van der Waals surface area contributed by atoms with Crippen molar-refractivity contribution in [1.29, 1.82) is 0 Å². The van der Waals surface area contributed by atoms with Gasteiger partial charge in [-0.15, -0.1) is 22.0 Å². The van der Waals surface area contributed by atoms with E-state index in [0.29, 0.717) is 11.2 Å². The molecule has 0 aliphatic rings. The van der Waals surface area contributed by atoms with Crippen LogP contribution in [0.25, 0.3) is 10.8 Å². The summed E-state index contributed by atoms with van der Waals surface area (Å²) in [6.07, 6.45) is 6.34. The molecule has 3 aromatic rings. The van der Waals surface area contributed by atoms with Crippen LogP contribution in [-0.2, 0) is 0 Å². The third kappa shape index (κ3) is 3.08. The van der Waals surface area contributed by atoms with E-state index >= 15 is 0 Å². The second-order valence-corrected chi connectivity index (χ2v) is 4.97. The van der Waals surface area contributed by atoms with E-state index in [1.807, 2.05) is 6.26 Å². The predicted molar refractivity (Wildman–Crippen MR) is 83.5 cm³/mol. The van der Waals surface area contributed by atoms with Crippen molar-refractivity contribution < 1.29 is 9.34 Å². The lowest BCUT2D eigenvalue weighted by atomic mass is 10.3. The summed E-state index contributed by atoms with van der Waals surface area (Å²) in [5.41, 5.74) is 2.71. The zero-order chi connectivity index (χ0) is 16.2. The minimum atomic E-state index is -0.621. The van der Waals surface area contributed by atoms with Crippen LogP contribution in [0.3, 0.4) is 0 Å². The van der Waals surface area contributed by atoms with Gasteiger partial charge in [0.25, 0.3) is 0 Å². The van der Waals surface area contributed by atoms with Crippen LogP contribution in [0.15, 0.2) is 39.1 Å². The zero-order valence-corrected chi connectivity index (χ0v) is 12.5. The van der Waals surface area contributed by atoms with Gasteiger partial charge in [0.05, 0.1) is 30.1 Å². The summed E-state index contributed by atoms with van der Waals surface area (Å²) in [5, 5.41) is 32.5. The number of thioether (sulfide) groups is 1. The zero-order valence-electron chi connectivity index (χ0n) is 11.7. The third-order valence-corrected chi connectivity index (χ3v) is 3.49. The molecule has 3 rings (SSSR count). The molecule has 10 nitrogen and oxygen atoms in total. The number of hydrogen-bond acceptors (Lipinski definition) is 10. The highest BCUT2D eigenvalue weighted by Crippen LogP contribution is 2.26. The molecule has 0 aromatic carbocycles. The fraction of sp³-hybridized carbons (Fsp3) is 0.0833. The van der Waals surface area contributed by atoms with Gasteiger partial charge >= 0.3 is 5.88 Å². The Kier molecular flexibility index (Phi) is 4.10. The second kappa shape index (κ2) is 6.36. The number of nitro groups is 1. The van der Waals surface area contributed by atoms with Crippen molar-refractivity contribution in [3.63, 3.8) is 0 Å². The van der Waals surface area contributed by atoms with Crippen LogP contribution in [-0.4, -0.2) is 37.8 Å². The van der Waals surface area contributed by atoms with E-state index in [2.05, 4.69) is 30.9 Å². The Morgan fingerprint density at radius 2 is 2.09 bits per heavy atom. The van der Waals surface area contributed by atoms with Crippen molar-refractivity contribution in [3.8, 4) is 0 Å². The van der Waals surface area contributed by atoms with Crippen molar-refractivity contribution >= 4 is 40.5 Å². The fourth-order valence-corrected chi connectivity index (χ4v) is 2.29. The van der Waals surface area contributed by atoms with Gasteiger partial charge in [0.15, 0.2) is 11.6 Å². The monoisotopic (exact) mass is 331 g/mol. The van der Waals surface area contributed by atoms with Crippen LogP contribution >= 0.6 is 11.8 Å².